The summed E-state index contributed by atoms with van der Waals surface area (Å²) in [5, 5.41) is 0. The van der Waals surface area contributed by atoms with Crippen molar-refractivity contribution in [3.63, 3.8) is 0 Å². The zero-order valence-electron chi connectivity index (χ0n) is 12.0. The summed E-state index contributed by atoms with van der Waals surface area (Å²) in [6, 6.07) is 1.02. The second-order valence-electron chi connectivity index (χ2n) is 4.57. The highest BCUT2D eigenvalue weighted by Crippen LogP contribution is 2.26. The third-order valence-electron chi connectivity index (χ3n) is 3.57. The highest BCUT2D eigenvalue weighted by molar-refractivity contribution is 6.67. The lowest BCUT2D eigenvalue weighted by Gasteiger charge is -2.25. The summed E-state index contributed by atoms with van der Waals surface area (Å²) in [5.74, 6) is -9.52. The minimum absolute atomic E-state index is 0.208. The Kier molecular flexibility index (Phi) is 6.30. The summed E-state index contributed by atoms with van der Waals surface area (Å²) < 4.78 is 76.7. The molecule has 120 valence electrons. The van der Waals surface area contributed by atoms with Crippen LogP contribution in [0.2, 0.25) is 12.1 Å². The molecule has 21 heavy (non-hydrogen) atoms. The normalized spacial score (nSPS) is 12.0. The Hall–Kier alpha value is -0.993. The summed E-state index contributed by atoms with van der Waals surface area (Å²) >= 11 is 0. The van der Waals surface area contributed by atoms with Crippen molar-refractivity contribution in [3.8, 4) is 0 Å². The molecule has 0 aliphatic heterocycles. The second kappa shape index (κ2) is 7.32. The van der Waals surface area contributed by atoms with Gasteiger partial charge in [0.25, 0.3) is 0 Å². The van der Waals surface area contributed by atoms with Crippen LogP contribution < -0.4 is 0 Å². The van der Waals surface area contributed by atoms with E-state index in [1.54, 1.807) is 0 Å². The van der Waals surface area contributed by atoms with Crippen LogP contribution in [0.3, 0.4) is 0 Å². The van der Waals surface area contributed by atoms with Crippen molar-refractivity contribution in [2.45, 2.75) is 31.9 Å². The molecular weight excluding hydrogens is 311 g/mol. The molecule has 0 bridgehead atoms. The predicted octanol–water partition coefficient (Wildman–Crippen LogP) is 4.07. The van der Waals surface area contributed by atoms with E-state index in [-0.39, 0.29) is 12.8 Å². The van der Waals surface area contributed by atoms with Crippen LogP contribution in [-0.4, -0.2) is 22.8 Å². The van der Waals surface area contributed by atoms with Gasteiger partial charge in [-0.1, -0.05) is 6.92 Å². The first-order chi connectivity index (χ1) is 9.83. The quantitative estimate of drug-likeness (QED) is 0.325. The maximum atomic E-state index is 13.5. The molecule has 0 spiro atoms. The molecule has 0 N–H and O–H groups in total. The van der Waals surface area contributed by atoms with E-state index < -0.39 is 43.2 Å². The number of rotatable bonds is 7. The highest BCUT2D eigenvalue weighted by Gasteiger charge is 2.33. The Labute approximate surface area is 121 Å². The first kappa shape index (κ1) is 18.1. The fourth-order valence-electron chi connectivity index (χ4n) is 2.16. The molecule has 1 rings (SSSR count). The van der Waals surface area contributed by atoms with E-state index in [0.29, 0.717) is 12.1 Å². The summed E-state index contributed by atoms with van der Waals surface area (Å²) in [5.41, 5.74) is -0.794. The molecule has 0 aliphatic rings. The van der Waals surface area contributed by atoms with Gasteiger partial charge in [-0.05, 0) is 24.9 Å². The third-order valence-corrected chi connectivity index (χ3v) is 7.25. The molecule has 0 fully saturated rings. The molecule has 0 saturated heterocycles. The maximum Gasteiger partial charge on any atom is 0.337 e. The third kappa shape index (κ3) is 3.61. The van der Waals surface area contributed by atoms with Crippen molar-refractivity contribution in [2.24, 2.45) is 0 Å². The van der Waals surface area contributed by atoms with E-state index in [0.717, 1.165) is 0 Å². The summed E-state index contributed by atoms with van der Waals surface area (Å²) in [6.45, 7) is 1.86. The molecule has 0 unspecified atom stereocenters. The Bertz CT molecular complexity index is 469. The van der Waals surface area contributed by atoms with E-state index in [9.17, 15) is 22.0 Å². The van der Waals surface area contributed by atoms with Gasteiger partial charge in [0.1, 0.15) is 0 Å². The molecule has 2 nitrogen and oxygen atoms in total. The van der Waals surface area contributed by atoms with Gasteiger partial charge in [-0.15, -0.1) is 0 Å². The van der Waals surface area contributed by atoms with Crippen molar-refractivity contribution < 1.29 is 30.8 Å². The summed E-state index contributed by atoms with van der Waals surface area (Å²) in [7, 11) is 0.517. The van der Waals surface area contributed by atoms with Crippen LogP contribution in [0.15, 0.2) is 0 Å². The second-order valence-corrected chi connectivity index (χ2v) is 8.42. The zero-order chi connectivity index (χ0) is 16.2. The van der Waals surface area contributed by atoms with Gasteiger partial charge in [0.2, 0.25) is 5.82 Å². The van der Waals surface area contributed by atoms with E-state index in [4.69, 9.17) is 8.85 Å². The average molecular weight is 328 g/mol. The Morgan fingerprint density at radius 1 is 0.810 bits per heavy atom. The fraction of sp³-hybridized carbons (Fsp3) is 0.538. The molecule has 0 heterocycles. The lowest BCUT2D eigenvalue weighted by Crippen LogP contribution is -2.39. The van der Waals surface area contributed by atoms with Crippen LogP contribution in [-0.2, 0) is 15.3 Å². The van der Waals surface area contributed by atoms with Crippen LogP contribution >= 0.6 is 0 Å². The van der Waals surface area contributed by atoms with Crippen LogP contribution in [0.25, 0.3) is 0 Å². The molecule has 1 aromatic rings. The van der Waals surface area contributed by atoms with E-state index in [2.05, 4.69) is 0 Å². The van der Waals surface area contributed by atoms with Gasteiger partial charge >= 0.3 is 8.56 Å². The van der Waals surface area contributed by atoms with Crippen molar-refractivity contribution in [2.75, 3.05) is 14.2 Å². The van der Waals surface area contributed by atoms with E-state index >= 15 is 0 Å². The first-order valence-electron chi connectivity index (χ1n) is 6.44. The predicted molar refractivity (Wildman–Crippen MR) is 69.6 cm³/mol. The first-order valence-corrected chi connectivity index (χ1v) is 8.67. The average Bonchev–Trinajstić information content (AvgIpc) is 2.51. The molecule has 8 heteroatoms. The van der Waals surface area contributed by atoms with Crippen LogP contribution in [0.5, 0.6) is 0 Å². The van der Waals surface area contributed by atoms with Crippen LogP contribution in [0.1, 0.15) is 18.9 Å². The fourth-order valence-corrected chi connectivity index (χ4v) is 4.38. The molecule has 0 saturated carbocycles. The Balaban J connectivity index is 2.91. The number of hydrogen-bond acceptors (Lipinski definition) is 2. The molecule has 0 radical (unpaired) electrons. The van der Waals surface area contributed by atoms with E-state index in [1.807, 2.05) is 6.92 Å². The Morgan fingerprint density at radius 3 is 1.62 bits per heavy atom. The van der Waals surface area contributed by atoms with Crippen molar-refractivity contribution in [1.82, 2.24) is 0 Å². The summed E-state index contributed by atoms with van der Waals surface area (Å²) in [6.07, 6.45) is -0.0622. The SMILES string of the molecule is CC[Si](CCCc1c(F)c(F)c(F)c(F)c1F)(OC)OC. The monoisotopic (exact) mass is 328 g/mol. The van der Waals surface area contributed by atoms with Crippen molar-refractivity contribution in [1.29, 1.82) is 0 Å². The molecule has 0 atom stereocenters. The van der Waals surface area contributed by atoms with Crippen molar-refractivity contribution in [3.05, 3.63) is 34.6 Å². The van der Waals surface area contributed by atoms with Gasteiger partial charge in [0, 0.05) is 19.8 Å². The molecule has 0 aliphatic carbocycles. The van der Waals surface area contributed by atoms with Gasteiger partial charge in [-0.25, -0.2) is 22.0 Å². The smallest absolute Gasteiger partial charge is 0.337 e. The zero-order valence-corrected chi connectivity index (χ0v) is 13.0. The minimum Gasteiger partial charge on any atom is -0.398 e. The maximum absolute atomic E-state index is 13.5. The lowest BCUT2D eigenvalue weighted by atomic mass is 10.1. The molecule has 1 aromatic carbocycles. The molecular formula is C13H17F5O2Si. The number of hydrogen-bond donors (Lipinski definition) is 0. The highest BCUT2D eigenvalue weighted by atomic mass is 28.4. The summed E-state index contributed by atoms with van der Waals surface area (Å²) in [4.78, 5) is 0. The molecule has 0 aromatic heterocycles. The van der Waals surface area contributed by atoms with Gasteiger partial charge in [-0.2, -0.15) is 0 Å². The van der Waals surface area contributed by atoms with Gasteiger partial charge in [0.05, 0.1) is 0 Å². The van der Waals surface area contributed by atoms with Gasteiger partial charge in [0.15, 0.2) is 23.3 Å². The number of benzene rings is 1. The largest absolute Gasteiger partial charge is 0.398 e. The lowest BCUT2D eigenvalue weighted by molar-refractivity contribution is 0.241. The van der Waals surface area contributed by atoms with E-state index in [1.165, 1.54) is 14.2 Å². The van der Waals surface area contributed by atoms with Crippen molar-refractivity contribution >= 4 is 8.56 Å². The van der Waals surface area contributed by atoms with Crippen LogP contribution in [0.4, 0.5) is 22.0 Å². The van der Waals surface area contributed by atoms with Gasteiger partial charge < -0.3 is 8.85 Å². The Morgan fingerprint density at radius 2 is 1.24 bits per heavy atom. The number of halogens is 5. The standard InChI is InChI=1S/C13H17F5O2Si/c1-4-21(19-2,20-3)7-5-6-8-9(14)11(16)13(18)12(17)10(8)15/h4-7H2,1-3H3. The van der Waals surface area contributed by atoms with Gasteiger partial charge in [-0.3, -0.25) is 0 Å². The molecule has 0 amide bonds. The minimum atomic E-state index is -2.45. The topological polar surface area (TPSA) is 18.5 Å². The van der Waals surface area contributed by atoms with Crippen LogP contribution in [0, 0.1) is 29.1 Å².